The fraction of sp³-hybridized carbons (Fsp3) is 0.533. The van der Waals surface area contributed by atoms with Gasteiger partial charge in [-0.25, -0.2) is 0 Å². The molecule has 1 aromatic carbocycles. The highest BCUT2D eigenvalue weighted by Crippen LogP contribution is 2.20. The Labute approximate surface area is 119 Å². The number of halogens is 1. The summed E-state index contributed by atoms with van der Waals surface area (Å²) in [6.45, 7) is 4.68. The highest BCUT2D eigenvalue weighted by Gasteiger charge is 2.21. The van der Waals surface area contributed by atoms with Gasteiger partial charge in [0.15, 0.2) is 0 Å². The maximum Gasteiger partial charge on any atom is 0.141 e. The number of carbonyl (C=O) groups excluding carboxylic acids is 1. The molecule has 0 unspecified atom stereocenters. The first-order valence-electron chi connectivity index (χ1n) is 6.93. The summed E-state index contributed by atoms with van der Waals surface area (Å²) >= 11 is 5.90. The van der Waals surface area contributed by atoms with Crippen LogP contribution in [0.25, 0.3) is 0 Å². The Hall–Kier alpha value is -0.900. The van der Waals surface area contributed by atoms with E-state index < -0.39 is 0 Å². The minimum absolute atomic E-state index is 0.0668. The van der Waals surface area contributed by atoms with Crippen LogP contribution in [0.2, 0.25) is 5.02 Å². The van der Waals surface area contributed by atoms with Crippen LogP contribution in [-0.4, -0.2) is 31.5 Å². The second kappa shape index (κ2) is 7.04. The molecule has 1 heterocycles. The number of Topliss-reactive ketones (excluding diaryl/α,β-unsaturated/α-hetero) is 1. The van der Waals surface area contributed by atoms with Crippen molar-refractivity contribution in [2.75, 3.05) is 19.6 Å². The molecule has 3 nitrogen and oxygen atoms in total. The Morgan fingerprint density at radius 2 is 2.21 bits per heavy atom. The minimum Gasteiger partial charge on any atom is -0.315 e. The van der Waals surface area contributed by atoms with Crippen LogP contribution in [0.3, 0.4) is 0 Å². The maximum absolute atomic E-state index is 12.1. The first-order valence-corrected chi connectivity index (χ1v) is 7.30. The van der Waals surface area contributed by atoms with Crippen LogP contribution >= 0.6 is 11.6 Å². The Morgan fingerprint density at radius 3 is 2.79 bits per heavy atom. The molecular formula is C15H21ClN2O. The third kappa shape index (κ3) is 4.03. The summed E-state index contributed by atoms with van der Waals surface area (Å²) in [7, 11) is 0. The summed E-state index contributed by atoms with van der Waals surface area (Å²) < 4.78 is 0. The molecule has 0 aliphatic carbocycles. The van der Waals surface area contributed by atoms with E-state index in [1.165, 1.54) is 0 Å². The second-order valence-electron chi connectivity index (χ2n) is 5.02. The van der Waals surface area contributed by atoms with Gasteiger partial charge < -0.3 is 10.6 Å². The van der Waals surface area contributed by atoms with Gasteiger partial charge in [-0.05, 0) is 30.7 Å². The molecule has 1 aliphatic heterocycles. The van der Waals surface area contributed by atoms with Crippen LogP contribution in [0.15, 0.2) is 24.3 Å². The molecule has 2 N–H and O–H groups in total. The monoisotopic (exact) mass is 280 g/mol. The lowest BCUT2D eigenvalue weighted by Crippen LogP contribution is -2.36. The van der Waals surface area contributed by atoms with Crippen molar-refractivity contribution >= 4 is 17.4 Å². The molecule has 2 rings (SSSR count). The summed E-state index contributed by atoms with van der Waals surface area (Å²) in [5, 5.41) is 7.52. The van der Waals surface area contributed by atoms with E-state index in [1.54, 1.807) is 0 Å². The van der Waals surface area contributed by atoms with Crippen molar-refractivity contribution in [3.63, 3.8) is 0 Å². The number of rotatable bonds is 6. The maximum atomic E-state index is 12.1. The SMILES string of the molecule is CCC(=O)[C@H](CN[C@H]1CCNC1)c1ccc(Cl)cc1. The summed E-state index contributed by atoms with van der Waals surface area (Å²) in [5.41, 5.74) is 1.05. The molecule has 0 saturated carbocycles. The van der Waals surface area contributed by atoms with Crippen molar-refractivity contribution in [1.29, 1.82) is 0 Å². The van der Waals surface area contributed by atoms with E-state index in [4.69, 9.17) is 11.6 Å². The van der Waals surface area contributed by atoms with Crippen molar-refractivity contribution in [3.05, 3.63) is 34.9 Å². The lowest BCUT2D eigenvalue weighted by Gasteiger charge is -2.19. The van der Waals surface area contributed by atoms with E-state index in [0.717, 1.165) is 25.1 Å². The van der Waals surface area contributed by atoms with Gasteiger partial charge in [0.25, 0.3) is 0 Å². The third-order valence-corrected chi connectivity index (χ3v) is 3.93. The van der Waals surface area contributed by atoms with Crippen molar-refractivity contribution in [3.8, 4) is 0 Å². The fourth-order valence-corrected chi connectivity index (χ4v) is 2.60. The zero-order chi connectivity index (χ0) is 13.7. The van der Waals surface area contributed by atoms with E-state index in [0.29, 0.717) is 24.0 Å². The number of benzene rings is 1. The lowest BCUT2D eigenvalue weighted by atomic mass is 9.93. The standard InChI is InChI=1S/C15H21ClN2O/c1-2-15(19)14(10-18-13-7-8-17-9-13)11-3-5-12(16)6-4-11/h3-6,13-14,17-18H,2,7-10H2,1H3/t13-,14+/m0/s1. The van der Waals surface area contributed by atoms with Crippen LogP contribution < -0.4 is 10.6 Å². The first kappa shape index (κ1) is 14.5. The average Bonchev–Trinajstić information content (AvgIpc) is 2.93. The van der Waals surface area contributed by atoms with E-state index in [2.05, 4.69) is 10.6 Å². The molecule has 19 heavy (non-hydrogen) atoms. The van der Waals surface area contributed by atoms with Gasteiger partial charge in [0.1, 0.15) is 5.78 Å². The predicted molar refractivity (Wildman–Crippen MR) is 78.8 cm³/mol. The zero-order valence-electron chi connectivity index (χ0n) is 11.3. The summed E-state index contributed by atoms with van der Waals surface area (Å²) in [5.74, 6) is 0.212. The highest BCUT2D eigenvalue weighted by molar-refractivity contribution is 6.30. The van der Waals surface area contributed by atoms with Crippen molar-refractivity contribution in [2.24, 2.45) is 0 Å². The molecular weight excluding hydrogens is 260 g/mol. The average molecular weight is 281 g/mol. The summed E-state index contributed by atoms with van der Waals surface area (Å²) in [6.07, 6.45) is 1.70. The van der Waals surface area contributed by atoms with Crippen molar-refractivity contribution in [2.45, 2.75) is 31.7 Å². The van der Waals surface area contributed by atoms with Crippen molar-refractivity contribution in [1.82, 2.24) is 10.6 Å². The molecule has 0 amide bonds. The molecule has 0 aromatic heterocycles. The molecule has 104 valence electrons. The fourth-order valence-electron chi connectivity index (χ4n) is 2.47. The topological polar surface area (TPSA) is 41.1 Å². The lowest BCUT2D eigenvalue weighted by molar-refractivity contribution is -0.120. The van der Waals surface area contributed by atoms with Gasteiger partial charge in [0.2, 0.25) is 0 Å². The summed E-state index contributed by atoms with van der Waals surface area (Å²) in [6, 6.07) is 8.09. The molecule has 0 radical (unpaired) electrons. The van der Waals surface area contributed by atoms with Gasteiger partial charge in [-0.3, -0.25) is 4.79 Å². The number of hydrogen-bond donors (Lipinski definition) is 2. The molecule has 2 atom stereocenters. The van der Waals surface area contributed by atoms with Crippen molar-refractivity contribution < 1.29 is 4.79 Å². The Bertz CT molecular complexity index is 413. The molecule has 0 bridgehead atoms. The van der Waals surface area contributed by atoms with E-state index in [9.17, 15) is 4.79 Å². The Morgan fingerprint density at radius 1 is 1.47 bits per heavy atom. The molecule has 1 saturated heterocycles. The molecule has 1 aliphatic rings. The Balaban J connectivity index is 2.02. The smallest absolute Gasteiger partial charge is 0.141 e. The number of hydrogen-bond acceptors (Lipinski definition) is 3. The molecule has 1 fully saturated rings. The first-order chi connectivity index (χ1) is 9.20. The van der Waals surface area contributed by atoms with E-state index in [1.807, 2.05) is 31.2 Å². The second-order valence-corrected chi connectivity index (χ2v) is 5.46. The Kier molecular flexibility index (Phi) is 5.37. The van der Waals surface area contributed by atoms with E-state index >= 15 is 0 Å². The number of carbonyl (C=O) groups is 1. The van der Waals surface area contributed by atoms with Crippen LogP contribution in [0.4, 0.5) is 0 Å². The van der Waals surface area contributed by atoms with Crippen LogP contribution in [-0.2, 0) is 4.79 Å². The molecule has 4 heteroatoms. The largest absolute Gasteiger partial charge is 0.315 e. The quantitative estimate of drug-likeness (QED) is 0.840. The van der Waals surface area contributed by atoms with Crippen LogP contribution in [0.5, 0.6) is 0 Å². The van der Waals surface area contributed by atoms with Gasteiger partial charge in [0, 0.05) is 30.6 Å². The highest BCUT2D eigenvalue weighted by atomic mass is 35.5. The normalized spacial score (nSPS) is 20.4. The minimum atomic E-state index is -0.0668. The zero-order valence-corrected chi connectivity index (χ0v) is 12.0. The number of nitrogens with one attached hydrogen (secondary N) is 2. The van der Waals surface area contributed by atoms with Gasteiger partial charge in [-0.2, -0.15) is 0 Å². The van der Waals surface area contributed by atoms with Gasteiger partial charge in [-0.1, -0.05) is 30.7 Å². The third-order valence-electron chi connectivity index (χ3n) is 3.68. The van der Waals surface area contributed by atoms with Gasteiger partial charge in [-0.15, -0.1) is 0 Å². The summed E-state index contributed by atoms with van der Waals surface area (Å²) in [4.78, 5) is 12.1. The molecule has 1 aromatic rings. The predicted octanol–water partition coefficient (Wildman–Crippen LogP) is 2.35. The van der Waals surface area contributed by atoms with Gasteiger partial charge in [0.05, 0.1) is 5.92 Å². The number of ketones is 1. The van der Waals surface area contributed by atoms with E-state index in [-0.39, 0.29) is 11.7 Å². The van der Waals surface area contributed by atoms with Crippen LogP contribution in [0, 0.1) is 0 Å². The van der Waals surface area contributed by atoms with Crippen LogP contribution in [0.1, 0.15) is 31.2 Å². The molecule has 0 spiro atoms. The van der Waals surface area contributed by atoms with Gasteiger partial charge >= 0.3 is 0 Å².